The standard InChI is InChI=1S/C20H19ClN2O2S/c1-3-5-14(4-2)19(15-6-8-17(21)9-7-15)23-18(24)12-22-20(25)16-10-11-26-13-16/h3-11,13,19H,1-2,12H2,(H,22,25)(H,23,24)/b14-5+. The van der Waals surface area contributed by atoms with Crippen LogP contribution in [-0.2, 0) is 4.79 Å². The summed E-state index contributed by atoms with van der Waals surface area (Å²) in [5.74, 6) is -0.597. The molecule has 0 aliphatic heterocycles. The normalized spacial score (nSPS) is 12.1. The van der Waals surface area contributed by atoms with Crippen molar-refractivity contribution < 1.29 is 9.59 Å². The van der Waals surface area contributed by atoms with Gasteiger partial charge in [-0.3, -0.25) is 9.59 Å². The molecule has 1 aromatic carbocycles. The van der Waals surface area contributed by atoms with Crippen molar-refractivity contribution in [3.63, 3.8) is 0 Å². The van der Waals surface area contributed by atoms with Crippen LogP contribution in [0, 0.1) is 0 Å². The molecule has 2 rings (SSSR count). The first kappa shape index (κ1) is 19.7. The van der Waals surface area contributed by atoms with Crippen LogP contribution in [0.5, 0.6) is 0 Å². The Bertz CT molecular complexity index is 811. The molecule has 1 heterocycles. The van der Waals surface area contributed by atoms with Crippen LogP contribution in [0.3, 0.4) is 0 Å². The van der Waals surface area contributed by atoms with E-state index in [4.69, 9.17) is 11.6 Å². The Balaban J connectivity index is 2.10. The molecule has 2 N–H and O–H groups in total. The van der Waals surface area contributed by atoms with Gasteiger partial charge in [-0.15, -0.1) is 0 Å². The minimum Gasteiger partial charge on any atom is -0.344 e. The first-order valence-corrected chi connectivity index (χ1v) is 9.17. The van der Waals surface area contributed by atoms with Gasteiger partial charge in [0, 0.05) is 16.0 Å². The number of allylic oxidation sites excluding steroid dienone is 2. The van der Waals surface area contributed by atoms with E-state index in [1.807, 2.05) is 17.5 Å². The van der Waals surface area contributed by atoms with Crippen LogP contribution >= 0.6 is 22.9 Å². The summed E-state index contributed by atoms with van der Waals surface area (Å²) < 4.78 is 0. The van der Waals surface area contributed by atoms with Crippen LogP contribution in [0.4, 0.5) is 0 Å². The molecule has 2 amide bonds. The van der Waals surface area contributed by atoms with Crippen LogP contribution < -0.4 is 10.6 Å². The van der Waals surface area contributed by atoms with Crippen molar-refractivity contribution >= 4 is 34.8 Å². The Morgan fingerprint density at radius 1 is 1.19 bits per heavy atom. The van der Waals surface area contributed by atoms with Gasteiger partial charge < -0.3 is 10.6 Å². The summed E-state index contributed by atoms with van der Waals surface area (Å²) in [4.78, 5) is 24.3. The highest BCUT2D eigenvalue weighted by Crippen LogP contribution is 2.24. The number of rotatable bonds is 8. The maximum Gasteiger partial charge on any atom is 0.252 e. The molecule has 0 bridgehead atoms. The Hall–Kier alpha value is -2.63. The molecule has 1 unspecified atom stereocenters. The second-order valence-electron chi connectivity index (χ2n) is 5.35. The van der Waals surface area contributed by atoms with Gasteiger partial charge in [0.05, 0.1) is 12.6 Å². The third-order valence-corrected chi connectivity index (χ3v) is 4.52. The number of halogens is 1. The lowest BCUT2D eigenvalue weighted by Crippen LogP contribution is -2.39. The summed E-state index contributed by atoms with van der Waals surface area (Å²) in [7, 11) is 0. The zero-order valence-corrected chi connectivity index (χ0v) is 15.6. The number of carbonyl (C=O) groups excluding carboxylic acids is 2. The average molecular weight is 387 g/mol. The molecule has 134 valence electrons. The number of hydrogen-bond donors (Lipinski definition) is 2. The van der Waals surface area contributed by atoms with Gasteiger partial charge in [0.25, 0.3) is 5.91 Å². The smallest absolute Gasteiger partial charge is 0.252 e. The highest BCUT2D eigenvalue weighted by Gasteiger charge is 2.18. The van der Waals surface area contributed by atoms with E-state index in [-0.39, 0.29) is 18.4 Å². The lowest BCUT2D eigenvalue weighted by molar-refractivity contribution is -0.120. The fourth-order valence-electron chi connectivity index (χ4n) is 2.30. The van der Waals surface area contributed by atoms with E-state index in [1.165, 1.54) is 11.3 Å². The second kappa shape index (κ2) is 9.75. The molecule has 0 spiro atoms. The summed E-state index contributed by atoms with van der Waals surface area (Å²) in [5.41, 5.74) is 2.16. The molecule has 26 heavy (non-hydrogen) atoms. The van der Waals surface area contributed by atoms with Gasteiger partial charge in [-0.2, -0.15) is 11.3 Å². The van der Waals surface area contributed by atoms with Crippen molar-refractivity contribution in [2.24, 2.45) is 0 Å². The minimum absolute atomic E-state index is 0.128. The Morgan fingerprint density at radius 2 is 1.92 bits per heavy atom. The molecule has 6 heteroatoms. The Morgan fingerprint density at radius 3 is 2.50 bits per heavy atom. The molecule has 4 nitrogen and oxygen atoms in total. The monoisotopic (exact) mass is 386 g/mol. The van der Waals surface area contributed by atoms with E-state index < -0.39 is 6.04 Å². The molecule has 2 aromatic rings. The van der Waals surface area contributed by atoms with Crippen molar-refractivity contribution in [2.45, 2.75) is 6.04 Å². The number of hydrogen-bond acceptors (Lipinski definition) is 3. The van der Waals surface area contributed by atoms with Gasteiger partial charge in [0.2, 0.25) is 5.91 Å². The molecule has 0 radical (unpaired) electrons. The predicted molar refractivity (Wildman–Crippen MR) is 107 cm³/mol. The summed E-state index contributed by atoms with van der Waals surface area (Å²) >= 11 is 7.37. The number of nitrogens with one attached hydrogen (secondary N) is 2. The van der Waals surface area contributed by atoms with Crippen LogP contribution in [0.25, 0.3) is 0 Å². The summed E-state index contributed by atoms with van der Waals surface area (Å²) in [6, 6.07) is 8.45. The molecule has 0 fully saturated rings. The highest BCUT2D eigenvalue weighted by molar-refractivity contribution is 7.08. The zero-order chi connectivity index (χ0) is 18.9. The van der Waals surface area contributed by atoms with Crippen LogP contribution in [0.2, 0.25) is 5.02 Å². The van der Waals surface area contributed by atoms with E-state index in [1.54, 1.807) is 41.8 Å². The summed E-state index contributed by atoms with van der Waals surface area (Å²) in [6.45, 7) is 7.36. The number of amides is 2. The van der Waals surface area contributed by atoms with Crippen molar-refractivity contribution in [1.29, 1.82) is 0 Å². The van der Waals surface area contributed by atoms with Gasteiger partial charge in [0.1, 0.15) is 0 Å². The van der Waals surface area contributed by atoms with Gasteiger partial charge in [0.15, 0.2) is 0 Å². The van der Waals surface area contributed by atoms with E-state index in [2.05, 4.69) is 23.8 Å². The lowest BCUT2D eigenvalue weighted by Gasteiger charge is -2.21. The molecule has 0 saturated carbocycles. The predicted octanol–water partition coefficient (Wildman–Crippen LogP) is 4.29. The van der Waals surface area contributed by atoms with Crippen LogP contribution in [0.1, 0.15) is 22.0 Å². The highest BCUT2D eigenvalue weighted by atomic mass is 35.5. The average Bonchev–Trinajstić information content (AvgIpc) is 3.18. The van der Waals surface area contributed by atoms with E-state index in [0.29, 0.717) is 10.6 Å². The first-order chi connectivity index (χ1) is 12.5. The van der Waals surface area contributed by atoms with E-state index >= 15 is 0 Å². The molecule has 0 saturated heterocycles. The van der Waals surface area contributed by atoms with Gasteiger partial charge in [-0.05, 0) is 34.7 Å². The molecule has 1 aromatic heterocycles. The van der Waals surface area contributed by atoms with Gasteiger partial charge in [-0.25, -0.2) is 0 Å². The molecule has 1 atom stereocenters. The largest absolute Gasteiger partial charge is 0.344 e. The molecule has 0 aliphatic carbocycles. The molecule has 0 aliphatic rings. The Labute approximate surface area is 161 Å². The third-order valence-electron chi connectivity index (χ3n) is 3.58. The van der Waals surface area contributed by atoms with E-state index in [0.717, 1.165) is 11.1 Å². The fraction of sp³-hybridized carbons (Fsp3) is 0.100. The summed E-state index contributed by atoms with van der Waals surface area (Å²) in [5, 5.41) is 9.66. The second-order valence-corrected chi connectivity index (χ2v) is 6.57. The quantitative estimate of drug-likeness (QED) is 0.665. The van der Waals surface area contributed by atoms with Crippen molar-refractivity contribution in [3.05, 3.63) is 94.2 Å². The lowest BCUT2D eigenvalue weighted by atomic mass is 9.98. The van der Waals surface area contributed by atoms with Gasteiger partial charge in [-0.1, -0.05) is 55.1 Å². The van der Waals surface area contributed by atoms with Gasteiger partial charge >= 0.3 is 0 Å². The maximum atomic E-state index is 12.4. The first-order valence-electron chi connectivity index (χ1n) is 7.85. The minimum atomic E-state index is -0.423. The van der Waals surface area contributed by atoms with Crippen molar-refractivity contribution in [3.8, 4) is 0 Å². The molecular formula is C20H19ClN2O2S. The maximum absolute atomic E-state index is 12.4. The third kappa shape index (κ3) is 5.44. The molecular weight excluding hydrogens is 368 g/mol. The van der Waals surface area contributed by atoms with Crippen LogP contribution in [0.15, 0.2) is 78.1 Å². The SMILES string of the molecule is C=C/C=C(\C=C)C(NC(=O)CNC(=O)c1ccsc1)c1ccc(Cl)cc1. The number of benzene rings is 1. The van der Waals surface area contributed by atoms with Crippen molar-refractivity contribution in [1.82, 2.24) is 10.6 Å². The fourth-order valence-corrected chi connectivity index (χ4v) is 3.06. The zero-order valence-electron chi connectivity index (χ0n) is 14.1. The van der Waals surface area contributed by atoms with Crippen LogP contribution in [-0.4, -0.2) is 18.4 Å². The topological polar surface area (TPSA) is 58.2 Å². The Kier molecular flexibility index (Phi) is 7.38. The van der Waals surface area contributed by atoms with Crippen molar-refractivity contribution in [2.75, 3.05) is 6.54 Å². The number of carbonyl (C=O) groups is 2. The van der Waals surface area contributed by atoms with E-state index in [9.17, 15) is 9.59 Å². The number of thiophene rings is 1. The summed E-state index contributed by atoms with van der Waals surface area (Å²) in [6.07, 6.45) is 5.06.